The van der Waals surface area contributed by atoms with E-state index in [1.807, 2.05) is 0 Å². The molecule has 34 heavy (non-hydrogen) atoms. The second-order valence-corrected chi connectivity index (χ2v) is 11.0. The van der Waals surface area contributed by atoms with E-state index in [4.69, 9.17) is 9.47 Å². The van der Waals surface area contributed by atoms with Gasteiger partial charge < -0.3 is 14.8 Å². The third kappa shape index (κ3) is 5.00. The normalized spacial score (nSPS) is 29.0. The Morgan fingerprint density at radius 3 is 2.38 bits per heavy atom. The SMILES string of the molecule is COc1cc(C(=O)NNC(=O)C23CC4CC(CC(NC(C)=O)(C4)C2)C3)ccc1OCCC(C)C. The Balaban J connectivity index is 1.39. The topological polar surface area (TPSA) is 106 Å². The predicted octanol–water partition coefficient (Wildman–Crippen LogP) is 3.36. The molecule has 0 heterocycles. The molecule has 0 aromatic heterocycles. The summed E-state index contributed by atoms with van der Waals surface area (Å²) in [5.74, 6) is 1.83. The summed E-state index contributed by atoms with van der Waals surface area (Å²) < 4.78 is 11.2. The zero-order valence-electron chi connectivity index (χ0n) is 20.7. The summed E-state index contributed by atoms with van der Waals surface area (Å²) in [7, 11) is 1.53. The summed E-state index contributed by atoms with van der Waals surface area (Å²) in [6.07, 6.45) is 6.17. The van der Waals surface area contributed by atoms with Crippen LogP contribution in [-0.2, 0) is 9.59 Å². The monoisotopic (exact) mass is 471 g/mol. The first kappa shape index (κ1) is 24.4. The van der Waals surface area contributed by atoms with E-state index in [0.717, 1.165) is 38.5 Å². The van der Waals surface area contributed by atoms with Crippen molar-refractivity contribution in [2.24, 2.45) is 23.2 Å². The Morgan fingerprint density at radius 1 is 1.06 bits per heavy atom. The highest BCUT2D eigenvalue weighted by atomic mass is 16.5. The molecule has 8 heteroatoms. The maximum Gasteiger partial charge on any atom is 0.269 e. The number of hydrogen-bond acceptors (Lipinski definition) is 5. The minimum absolute atomic E-state index is 0.0450. The van der Waals surface area contributed by atoms with Crippen LogP contribution in [0.2, 0.25) is 0 Å². The van der Waals surface area contributed by atoms with E-state index in [1.54, 1.807) is 25.1 Å². The molecule has 3 amide bonds. The van der Waals surface area contributed by atoms with Crippen molar-refractivity contribution in [3.63, 3.8) is 0 Å². The van der Waals surface area contributed by atoms with Gasteiger partial charge in [-0.25, -0.2) is 0 Å². The molecule has 2 atom stereocenters. The van der Waals surface area contributed by atoms with Crippen LogP contribution in [0.5, 0.6) is 11.5 Å². The number of hydrazine groups is 1. The van der Waals surface area contributed by atoms with Gasteiger partial charge in [-0.05, 0) is 80.9 Å². The fraction of sp³-hybridized carbons (Fsp3) is 0.654. The molecular weight excluding hydrogens is 434 g/mol. The first-order valence-electron chi connectivity index (χ1n) is 12.3. The van der Waals surface area contributed by atoms with Gasteiger partial charge >= 0.3 is 0 Å². The molecule has 1 aromatic rings. The third-order valence-electron chi connectivity index (χ3n) is 7.65. The summed E-state index contributed by atoms with van der Waals surface area (Å²) in [5, 5.41) is 3.16. The van der Waals surface area contributed by atoms with Gasteiger partial charge in [-0.1, -0.05) is 13.8 Å². The Kier molecular flexibility index (Phi) is 6.78. The van der Waals surface area contributed by atoms with Gasteiger partial charge in [0.2, 0.25) is 11.8 Å². The highest BCUT2D eigenvalue weighted by Crippen LogP contribution is 2.61. The largest absolute Gasteiger partial charge is 0.493 e. The van der Waals surface area contributed by atoms with E-state index in [-0.39, 0.29) is 17.4 Å². The molecule has 4 saturated carbocycles. The van der Waals surface area contributed by atoms with Crippen molar-refractivity contribution in [3.8, 4) is 11.5 Å². The molecule has 1 aromatic carbocycles. The van der Waals surface area contributed by atoms with E-state index in [9.17, 15) is 14.4 Å². The van der Waals surface area contributed by atoms with E-state index < -0.39 is 11.3 Å². The van der Waals surface area contributed by atoms with Crippen molar-refractivity contribution in [1.82, 2.24) is 16.2 Å². The van der Waals surface area contributed by atoms with Gasteiger partial charge in [0.15, 0.2) is 11.5 Å². The number of amides is 3. The molecule has 8 nitrogen and oxygen atoms in total. The summed E-state index contributed by atoms with van der Waals surface area (Å²) >= 11 is 0. The van der Waals surface area contributed by atoms with Gasteiger partial charge in [0.05, 0.1) is 19.1 Å². The van der Waals surface area contributed by atoms with Crippen molar-refractivity contribution in [2.75, 3.05) is 13.7 Å². The predicted molar refractivity (Wildman–Crippen MR) is 127 cm³/mol. The molecule has 4 aliphatic rings. The lowest BCUT2D eigenvalue weighted by molar-refractivity contribution is -0.153. The van der Waals surface area contributed by atoms with E-state index in [2.05, 4.69) is 30.0 Å². The number of ether oxygens (including phenoxy) is 2. The molecule has 4 bridgehead atoms. The molecule has 3 N–H and O–H groups in total. The number of hydrogen-bond donors (Lipinski definition) is 3. The molecule has 186 valence electrons. The molecule has 0 aliphatic heterocycles. The summed E-state index contributed by atoms with van der Waals surface area (Å²) in [6, 6.07) is 4.99. The number of carbonyl (C=O) groups excluding carboxylic acids is 3. The van der Waals surface area contributed by atoms with Gasteiger partial charge in [-0.3, -0.25) is 25.2 Å². The molecule has 5 rings (SSSR count). The van der Waals surface area contributed by atoms with Crippen molar-refractivity contribution >= 4 is 17.7 Å². The van der Waals surface area contributed by atoms with Crippen LogP contribution in [0.1, 0.15) is 76.1 Å². The third-order valence-corrected chi connectivity index (χ3v) is 7.65. The Morgan fingerprint density at radius 2 is 1.76 bits per heavy atom. The van der Waals surface area contributed by atoms with Crippen molar-refractivity contribution in [1.29, 1.82) is 0 Å². The van der Waals surface area contributed by atoms with Crippen molar-refractivity contribution in [3.05, 3.63) is 23.8 Å². The lowest BCUT2D eigenvalue weighted by Gasteiger charge is -2.61. The van der Waals surface area contributed by atoms with Gasteiger partial charge in [0, 0.05) is 18.0 Å². The maximum absolute atomic E-state index is 13.3. The van der Waals surface area contributed by atoms with Crippen LogP contribution < -0.4 is 25.6 Å². The zero-order valence-corrected chi connectivity index (χ0v) is 20.7. The molecular formula is C26H37N3O5. The van der Waals surface area contributed by atoms with Crippen molar-refractivity contribution in [2.45, 2.75) is 71.3 Å². The van der Waals surface area contributed by atoms with Crippen LogP contribution in [0.25, 0.3) is 0 Å². The van der Waals surface area contributed by atoms with Crippen LogP contribution >= 0.6 is 0 Å². The summed E-state index contributed by atoms with van der Waals surface area (Å²) in [5.41, 5.74) is 4.79. The highest BCUT2D eigenvalue weighted by Gasteiger charge is 2.61. The van der Waals surface area contributed by atoms with Gasteiger partial charge in [-0.2, -0.15) is 0 Å². The van der Waals surface area contributed by atoms with Gasteiger partial charge in [0.25, 0.3) is 5.91 Å². The van der Waals surface area contributed by atoms with Crippen LogP contribution in [0.3, 0.4) is 0 Å². The van der Waals surface area contributed by atoms with E-state index in [1.165, 1.54) is 7.11 Å². The van der Waals surface area contributed by atoms with E-state index in [0.29, 0.717) is 47.8 Å². The molecule has 4 fully saturated rings. The Bertz CT molecular complexity index is 946. The molecule has 0 saturated heterocycles. The van der Waals surface area contributed by atoms with Crippen molar-refractivity contribution < 1.29 is 23.9 Å². The highest BCUT2D eigenvalue weighted by molar-refractivity contribution is 5.96. The smallest absolute Gasteiger partial charge is 0.269 e. The zero-order chi connectivity index (χ0) is 24.5. The minimum atomic E-state index is -0.550. The van der Waals surface area contributed by atoms with E-state index >= 15 is 0 Å². The Labute approximate surface area is 201 Å². The van der Waals surface area contributed by atoms with Crippen LogP contribution in [-0.4, -0.2) is 37.0 Å². The lowest BCUT2D eigenvalue weighted by atomic mass is 9.46. The number of methoxy groups -OCH3 is 1. The quantitative estimate of drug-likeness (QED) is 0.504. The number of carbonyl (C=O) groups is 3. The average molecular weight is 472 g/mol. The van der Waals surface area contributed by atoms with Gasteiger partial charge in [-0.15, -0.1) is 0 Å². The maximum atomic E-state index is 13.3. The number of rotatable bonds is 8. The molecule has 0 spiro atoms. The first-order chi connectivity index (χ1) is 16.1. The van der Waals surface area contributed by atoms with Crippen LogP contribution in [0.15, 0.2) is 18.2 Å². The number of nitrogens with one attached hydrogen (secondary N) is 3. The molecule has 0 radical (unpaired) electrons. The standard InChI is InChI=1S/C26H37N3O5/c1-16(2)7-8-34-21-6-5-20(10-22(21)33-4)23(31)28-29-24(32)25-11-18-9-19(12-25)14-26(13-18,15-25)27-17(3)30/h5-6,10,16,18-19H,7-9,11-15H2,1-4H3,(H,27,30)(H,28,31)(H,29,32). The summed E-state index contributed by atoms with van der Waals surface area (Å²) in [6.45, 7) is 6.37. The molecule has 2 unspecified atom stereocenters. The second-order valence-electron chi connectivity index (χ2n) is 11.0. The van der Waals surface area contributed by atoms with Crippen LogP contribution in [0, 0.1) is 23.2 Å². The lowest BCUT2D eigenvalue weighted by Crippen LogP contribution is -2.66. The Hall–Kier alpha value is -2.77. The molecule has 4 aliphatic carbocycles. The fourth-order valence-electron chi connectivity index (χ4n) is 6.70. The average Bonchev–Trinajstić information content (AvgIpc) is 2.75. The number of benzene rings is 1. The van der Waals surface area contributed by atoms with Gasteiger partial charge in [0.1, 0.15) is 0 Å². The summed E-state index contributed by atoms with van der Waals surface area (Å²) in [4.78, 5) is 38.0. The fourth-order valence-corrected chi connectivity index (χ4v) is 6.70. The first-order valence-corrected chi connectivity index (χ1v) is 12.3. The van der Waals surface area contributed by atoms with Crippen LogP contribution in [0.4, 0.5) is 0 Å². The minimum Gasteiger partial charge on any atom is -0.493 e. The second kappa shape index (κ2) is 9.47.